The molecule has 3 amide bonds. The summed E-state index contributed by atoms with van der Waals surface area (Å²) >= 11 is 0. The zero-order valence-corrected chi connectivity index (χ0v) is 37.0. The molecule has 14 heteroatoms. The molecule has 0 radical (unpaired) electrons. The number of carbonyl (C=O) groups excluding carboxylic acids is 3. The second-order valence-electron chi connectivity index (χ2n) is 16.6. The van der Waals surface area contributed by atoms with Crippen LogP contribution in [-0.2, 0) is 75.7 Å². The van der Waals surface area contributed by atoms with Crippen LogP contribution < -0.4 is 16.1 Å². The molecule has 0 spiro atoms. The number of urea groups is 1. The van der Waals surface area contributed by atoms with E-state index in [9.17, 15) is 19.5 Å². The van der Waals surface area contributed by atoms with Crippen molar-refractivity contribution in [3.05, 3.63) is 179 Å². The van der Waals surface area contributed by atoms with Gasteiger partial charge in [0.2, 0.25) is 6.29 Å². The molecule has 0 aromatic heterocycles. The minimum atomic E-state index is -1.74. The van der Waals surface area contributed by atoms with Crippen molar-refractivity contribution in [2.45, 2.75) is 102 Å². The summed E-state index contributed by atoms with van der Waals surface area (Å²) in [5.74, 6) is -1.55. The zero-order chi connectivity index (χ0) is 45.9. The van der Waals surface area contributed by atoms with E-state index >= 15 is 0 Å². The molecule has 344 valence electrons. The fourth-order valence-corrected chi connectivity index (χ4v) is 6.96. The quantitative estimate of drug-likeness (QED) is 0.0451. The fourth-order valence-electron chi connectivity index (χ4n) is 6.96. The van der Waals surface area contributed by atoms with E-state index in [1.54, 1.807) is 20.8 Å². The normalized spacial score (nSPS) is 19.4. The van der Waals surface area contributed by atoms with Gasteiger partial charge in [0, 0.05) is 6.42 Å². The van der Waals surface area contributed by atoms with Crippen molar-refractivity contribution in [2.75, 3.05) is 13.2 Å². The van der Waals surface area contributed by atoms with E-state index in [1.165, 1.54) is 0 Å². The first-order valence-corrected chi connectivity index (χ1v) is 21.7. The molecule has 4 N–H and O–H groups in total. The Morgan fingerprint density at radius 1 is 0.615 bits per heavy atom. The van der Waals surface area contributed by atoms with Crippen LogP contribution in [0.2, 0.25) is 0 Å². The van der Waals surface area contributed by atoms with Gasteiger partial charge in [-0.3, -0.25) is 4.79 Å². The average molecular weight is 890 g/mol. The highest BCUT2D eigenvalue weighted by Gasteiger charge is 2.49. The van der Waals surface area contributed by atoms with E-state index in [0.717, 1.165) is 27.8 Å². The van der Waals surface area contributed by atoms with Crippen LogP contribution >= 0.6 is 0 Å². The van der Waals surface area contributed by atoms with Gasteiger partial charge in [-0.15, -0.1) is 0 Å². The van der Waals surface area contributed by atoms with E-state index in [-0.39, 0.29) is 32.8 Å². The van der Waals surface area contributed by atoms with Crippen LogP contribution in [-0.4, -0.2) is 84.6 Å². The maximum Gasteiger partial charge on any atom is 0.338 e. The van der Waals surface area contributed by atoms with Crippen molar-refractivity contribution in [1.29, 1.82) is 0 Å². The van der Waals surface area contributed by atoms with Gasteiger partial charge in [0.1, 0.15) is 42.2 Å². The number of hydrogen-bond acceptors (Lipinski definition) is 11. The van der Waals surface area contributed by atoms with Crippen molar-refractivity contribution in [3.63, 3.8) is 0 Å². The van der Waals surface area contributed by atoms with Crippen LogP contribution in [0.5, 0.6) is 0 Å². The molecule has 0 unspecified atom stereocenters. The first-order valence-electron chi connectivity index (χ1n) is 21.7. The predicted octanol–water partition coefficient (Wildman–Crippen LogP) is 6.35. The van der Waals surface area contributed by atoms with Crippen molar-refractivity contribution >= 4 is 17.9 Å². The number of rotatable bonds is 22. The monoisotopic (exact) mass is 889 g/mol. The number of nitrogens with one attached hydrogen (secondary N) is 3. The summed E-state index contributed by atoms with van der Waals surface area (Å²) in [6, 6.07) is 45.8. The number of aliphatic hydroxyl groups excluding tert-OH is 1. The lowest BCUT2D eigenvalue weighted by Crippen LogP contribution is -2.63. The molecule has 1 aliphatic heterocycles. The maximum atomic E-state index is 13.3. The summed E-state index contributed by atoms with van der Waals surface area (Å²) in [4.78, 5) is 45.6. The number of hydrogen-bond donors (Lipinski definition) is 4. The third kappa shape index (κ3) is 16.2. The molecule has 6 rings (SSSR count). The molecular formula is C51H59N3O11. The molecule has 1 aliphatic rings. The van der Waals surface area contributed by atoms with Gasteiger partial charge >= 0.3 is 12.0 Å². The molecule has 1 fully saturated rings. The summed E-state index contributed by atoms with van der Waals surface area (Å²) < 4.78 is 38.3. The van der Waals surface area contributed by atoms with E-state index in [2.05, 4.69) is 16.1 Å². The lowest BCUT2D eigenvalue weighted by atomic mass is 9.98. The predicted molar refractivity (Wildman–Crippen MR) is 241 cm³/mol. The van der Waals surface area contributed by atoms with Gasteiger partial charge in [-0.2, -0.15) is 0 Å². The molecule has 0 bridgehead atoms. The molecule has 0 aliphatic carbocycles. The summed E-state index contributed by atoms with van der Waals surface area (Å²) in [7, 11) is 0. The van der Waals surface area contributed by atoms with Gasteiger partial charge in [0.15, 0.2) is 0 Å². The lowest BCUT2D eigenvalue weighted by molar-refractivity contribution is -0.336. The second-order valence-corrected chi connectivity index (χ2v) is 16.6. The Morgan fingerprint density at radius 3 is 1.55 bits per heavy atom. The summed E-state index contributed by atoms with van der Waals surface area (Å²) in [5.41, 5.74) is 5.99. The maximum absolute atomic E-state index is 13.3. The fraction of sp³-hybridized carbons (Fsp3) is 0.353. The number of amides is 3. The Labute approximate surface area is 380 Å². The Balaban J connectivity index is 1.18. The van der Waals surface area contributed by atoms with E-state index < -0.39 is 72.9 Å². The highest BCUT2D eigenvalue weighted by atomic mass is 16.8. The Kier molecular flexibility index (Phi) is 18.6. The molecule has 1 saturated heterocycles. The number of ether oxygens (including phenoxy) is 6. The molecule has 5 aromatic rings. The van der Waals surface area contributed by atoms with Gasteiger partial charge in [-0.1, -0.05) is 152 Å². The summed E-state index contributed by atoms with van der Waals surface area (Å²) in [6.45, 7) is 5.56. The lowest BCUT2D eigenvalue weighted by Gasteiger charge is -2.45. The SMILES string of the molecule is CC(C)(C)OC(=O)[C@H](Cc1ccccc1)NC(=O)[C@@H](O)CNC(=O)NO[C@@H]1O[C@H](COCc2ccccc2)[C@@H](OCc2ccccc2)[C@H](OCc2ccccc2)[C@H]1OCc1ccccc1. The Morgan fingerprint density at radius 2 is 1.06 bits per heavy atom. The molecule has 0 saturated carbocycles. The average Bonchev–Trinajstić information content (AvgIpc) is 3.31. The highest BCUT2D eigenvalue weighted by molar-refractivity contribution is 5.87. The first-order chi connectivity index (χ1) is 31.5. The van der Waals surface area contributed by atoms with Crippen LogP contribution in [0.25, 0.3) is 0 Å². The van der Waals surface area contributed by atoms with Crippen molar-refractivity contribution in [3.8, 4) is 0 Å². The topological polar surface area (TPSA) is 172 Å². The molecule has 5 aromatic carbocycles. The second kappa shape index (κ2) is 24.9. The van der Waals surface area contributed by atoms with Crippen LogP contribution in [0, 0.1) is 0 Å². The van der Waals surface area contributed by atoms with Gasteiger partial charge in [-0.25, -0.2) is 19.9 Å². The van der Waals surface area contributed by atoms with E-state index in [4.69, 9.17) is 33.3 Å². The molecule has 7 atom stereocenters. The van der Waals surface area contributed by atoms with Crippen LogP contribution in [0.15, 0.2) is 152 Å². The molecular weight excluding hydrogens is 831 g/mol. The molecule has 1 heterocycles. The van der Waals surface area contributed by atoms with Crippen molar-refractivity contribution in [1.82, 2.24) is 16.1 Å². The molecule has 65 heavy (non-hydrogen) atoms. The van der Waals surface area contributed by atoms with Crippen LogP contribution in [0.4, 0.5) is 4.79 Å². The largest absolute Gasteiger partial charge is 0.458 e. The van der Waals surface area contributed by atoms with Crippen LogP contribution in [0.1, 0.15) is 48.6 Å². The van der Waals surface area contributed by atoms with Gasteiger partial charge in [-0.05, 0) is 48.6 Å². The van der Waals surface area contributed by atoms with Gasteiger partial charge in [0.25, 0.3) is 5.91 Å². The smallest absolute Gasteiger partial charge is 0.338 e. The minimum absolute atomic E-state index is 0.0624. The number of hydroxylamine groups is 1. The van der Waals surface area contributed by atoms with Crippen molar-refractivity contribution in [2.24, 2.45) is 0 Å². The number of aliphatic hydroxyl groups is 1. The van der Waals surface area contributed by atoms with E-state index in [1.807, 2.05) is 152 Å². The number of benzene rings is 5. The first kappa shape index (κ1) is 48.5. The highest BCUT2D eigenvalue weighted by Crippen LogP contribution is 2.31. The van der Waals surface area contributed by atoms with Crippen molar-refractivity contribution < 1.29 is 52.7 Å². The number of carbonyl (C=O) groups is 3. The minimum Gasteiger partial charge on any atom is -0.458 e. The number of esters is 1. The third-order valence-electron chi connectivity index (χ3n) is 10.2. The van der Waals surface area contributed by atoms with E-state index in [0.29, 0.717) is 6.61 Å². The van der Waals surface area contributed by atoms with Gasteiger partial charge < -0.3 is 44.2 Å². The zero-order valence-electron chi connectivity index (χ0n) is 37.0. The molecule has 14 nitrogen and oxygen atoms in total. The Hall–Kier alpha value is -5.97. The summed E-state index contributed by atoms with van der Waals surface area (Å²) in [6.07, 6.45) is -6.21. The van der Waals surface area contributed by atoms with Gasteiger partial charge in [0.05, 0.1) is 39.6 Å². The van der Waals surface area contributed by atoms with Crippen LogP contribution in [0.3, 0.4) is 0 Å². The Bertz CT molecular complexity index is 2160. The summed E-state index contributed by atoms with van der Waals surface area (Å²) in [5, 5.41) is 15.9. The third-order valence-corrected chi connectivity index (χ3v) is 10.2. The standard InChI is InChI=1S/C51H59N3O11/c1-51(2,3)64-48(57)41(29-36-19-9-4-10-20-36)53-47(56)42(55)30-52-50(58)54-65-49-46(62-34-40-27-17-8-18-28-40)45(61-33-39-25-15-7-16-26-39)44(60-32-38-23-13-6-14-24-38)43(63-49)35-59-31-37-21-11-5-12-22-37/h4-28,41-46,49,55H,29-35H2,1-3H3,(H,53,56)(H2,52,54,58)/t41-,42-,43+,44+,45-,46+,49-/m0/s1.